The first-order valence-corrected chi connectivity index (χ1v) is 6.62. The molecule has 0 aliphatic rings. The molecule has 1 rings (SSSR count). The summed E-state index contributed by atoms with van der Waals surface area (Å²) in [6.45, 7) is 8.06. The summed E-state index contributed by atoms with van der Waals surface area (Å²) in [5.74, 6) is 0.626. The third-order valence-electron chi connectivity index (χ3n) is 2.74. The summed E-state index contributed by atoms with van der Waals surface area (Å²) >= 11 is 0. The molecule has 0 aliphatic carbocycles. The van der Waals surface area contributed by atoms with Crippen molar-refractivity contribution in [3.05, 3.63) is 29.8 Å². The van der Waals surface area contributed by atoms with Crippen molar-refractivity contribution < 1.29 is 9.53 Å². The van der Waals surface area contributed by atoms with E-state index in [4.69, 9.17) is 10.5 Å². The maximum Gasteiger partial charge on any atom is 0.261 e. The fraction of sp³-hybridized carbons (Fsp3) is 0.533. The van der Waals surface area contributed by atoms with Crippen molar-refractivity contribution in [1.29, 1.82) is 0 Å². The van der Waals surface area contributed by atoms with Crippen LogP contribution < -0.4 is 15.8 Å². The van der Waals surface area contributed by atoms with Gasteiger partial charge in [-0.2, -0.15) is 0 Å². The topological polar surface area (TPSA) is 64.3 Å². The van der Waals surface area contributed by atoms with Crippen LogP contribution in [0.1, 0.15) is 32.8 Å². The molecule has 0 bridgehead atoms. The SMILES string of the molecule is CCC(Oc1ccccc1C)C(=O)NCC(C)(C)N.Cl. The van der Waals surface area contributed by atoms with Gasteiger partial charge in [0.1, 0.15) is 5.75 Å². The maximum absolute atomic E-state index is 12.0. The van der Waals surface area contributed by atoms with E-state index in [1.165, 1.54) is 0 Å². The van der Waals surface area contributed by atoms with E-state index in [1.807, 2.05) is 52.0 Å². The van der Waals surface area contributed by atoms with Gasteiger partial charge in [-0.25, -0.2) is 0 Å². The van der Waals surface area contributed by atoms with Gasteiger partial charge in [0.05, 0.1) is 0 Å². The molecule has 0 spiro atoms. The number of halogens is 1. The molecule has 0 saturated carbocycles. The number of carbonyl (C=O) groups excluding carboxylic acids is 1. The molecule has 0 aromatic heterocycles. The molecule has 0 saturated heterocycles. The van der Waals surface area contributed by atoms with E-state index in [2.05, 4.69) is 5.32 Å². The average Bonchev–Trinajstić information content (AvgIpc) is 2.34. The van der Waals surface area contributed by atoms with E-state index >= 15 is 0 Å². The largest absolute Gasteiger partial charge is 0.480 e. The zero-order valence-electron chi connectivity index (χ0n) is 12.6. The van der Waals surface area contributed by atoms with Gasteiger partial charge >= 0.3 is 0 Å². The molecule has 1 aromatic rings. The molecule has 3 N–H and O–H groups in total. The number of nitrogens with one attached hydrogen (secondary N) is 1. The predicted octanol–water partition coefficient (Wildman–Crippen LogP) is 2.43. The first-order valence-electron chi connectivity index (χ1n) is 6.62. The standard InChI is InChI=1S/C15H24N2O2.ClH/c1-5-12(14(18)17-10-15(3,4)16)19-13-9-7-6-8-11(13)2;/h6-9,12H,5,10,16H2,1-4H3,(H,17,18);1H. The predicted molar refractivity (Wildman–Crippen MR) is 84.4 cm³/mol. The van der Waals surface area contributed by atoms with Crippen molar-refractivity contribution in [3.8, 4) is 5.75 Å². The Morgan fingerprint density at radius 1 is 1.40 bits per heavy atom. The molecular formula is C15H25ClN2O2. The third-order valence-corrected chi connectivity index (χ3v) is 2.74. The lowest BCUT2D eigenvalue weighted by Gasteiger charge is -2.22. The lowest BCUT2D eigenvalue weighted by molar-refractivity contribution is -0.128. The molecule has 1 atom stereocenters. The summed E-state index contributed by atoms with van der Waals surface area (Å²) in [5.41, 5.74) is 6.45. The van der Waals surface area contributed by atoms with Gasteiger partial charge in [-0.05, 0) is 38.8 Å². The minimum Gasteiger partial charge on any atom is -0.480 e. The van der Waals surface area contributed by atoms with E-state index in [-0.39, 0.29) is 18.3 Å². The van der Waals surface area contributed by atoms with Crippen LogP contribution in [0, 0.1) is 6.92 Å². The quantitative estimate of drug-likeness (QED) is 0.848. The van der Waals surface area contributed by atoms with Gasteiger partial charge in [0.2, 0.25) is 0 Å². The minimum absolute atomic E-state index is 0. The number of aryl methyl sites for hydroxylation is 1. The van der Waals surface area contributed by atoms with Gasteiger partial charge in [0, 0.05) is 12.1 Å². The Morgan fingerprint density at radius 3 is 2.50 bits per heavy atom. The smallest absolute Gasteiger partial charge is 0.261 e. The van der Waals surface area contributed by atoms with Crippen LogP contribution in [-0.2, 0) is 4.79 Å². The van der Waals surface area contributed by atoms with Crippen molar-refractivity contribution in [2.45, 2.75) is 45.8 Å². The first kappa shape index (κ1) is 18.7. The summed E-state index contributed by atoms with van der Waals surface area (Å²) in [4.78, 5) is 12.0. The molecule has 4 nitrogen and oxygen atoms in total. The molecule has 0 fully saturated rings. The second-order valence-electron chi connectivity index (χ2n) is 5.49. The summed E-state index contributed by atoms with van der Waals surface area (Å²) in [5, 5.41) is 2.82. The van der Waals surface area contributed by atoms with E-state index in [1.54, 1.807) is 0 Å². The second kappa shape index (κ2) is 8.12. The number of nitrogens with two attached hydrogens (primary N) is 1. The molecule has 5 heteroatoms. The Labute approximate surface area is 127 Å². The number of ether oxygens (including phenoxy) is 1. The fourth-order valence-electron chi connectivity index (χ4n) is 1.59. The molecule has 1 unspecified atom stereocenters. The Hall–Kier alpha value is -1.26. The van der Waals surface area contributed by atoms with Crippen molar-refractivity contribution >= 4 is 18.3 Å². The van der Waals surface area contributed by atoms with Crippen LogP contribution in [0.25, 0.3) is 0 Å². The molecule has 20 heavy (non-hydrogen) atoms. The third kappa shape index (κ3) is 6.26. The van der Waals surface area contributed by atoms with Crippen LogP contribution in [-0.4, -0.2) is 24.1 Å². The van der Waals surface area contributed by atoms with Gasteiger partial charge in [-0.3, -0.25) is 4.79 Å². The van der Waals surface area contributed by atoms with Crippen molar-refractivity contribution in [2.24, 2.45) is 5.73 Å². The molecule has 1 amide bonds. The van der Waals surface area contributed by atoms with E-state index in [0.717, 1.165) is 11.3 Å². The summed E-state index contributed by atoms with van der Waals surface area (Å²) < 4.78 is 5.77. The van der Waals surface area contributed by atoms with Crippen LogP contribution >= 0.6 is 12.4 Å². The molecule has 114 valence electrons. The van der Waals surface area contributed by atoms with Crippen LogP contribution in [0.15, 0.2) is 24.3 Å². The van der Waals surface area contributed by atoms with Gasteiger partial charge in [0.15, 0.2) is 6.10 Å². The van der Waals surface area contributed by atoms with Crippen LogP contribution in [0.4, 0.5) is 0 Å². The number of hydrogen-bond donors (Lipinski definition) is 2. The van der Waals surface area contributed by atoms with Crippen molar-refractivity contribution in [3.63, 3.8) is 0 Å². The zero-order chi connectivity index (χ0) is 14.5. The fourth-order valence-corrected chi connectivity index (χ4v) is 1.59. The van der Waals surface area contributed by atoms with E-state index in [0.29, 0.717) is 13.0 Å². The van der Waals surface area contributed by atoms with Crippen molar-refractivity contribution in [2.75, 3.05) is 6.54 Å². The zero-order valence-corrected chi connectivity index (χ0v) is 13.4. The van der Waals surface area contributed by atoms with Gasteiger partial charge in [-0.15, -0.1) is 12.4 Å². The second-order valence-corrected chi connectivity index (χ2v) is 5.49. The highest BCUT2D eigenvalue weighted by Crippen LogP contribution is 2.18. The van der Waals surface area contributed by atoms with Crippen LogP contribution in [0.2, 0.25) is 0 Å². The van der Waals surface area contributed by atoms with Gasteiger partial charge in [0.25, 0.3) is 5.91 Å². The van der Waals surface area contributed by atoms with E-state index in [9.17, 15) is 4.79 Å². The summed E-state index contributed by atoms with van der Waals surface area (Å²) in [6.07, 6.45) is 0.133. The Morgan fingerprint density at radius 2 is 2.00 bits per heavy atom. The molecule has 0 heterocycles. The molecule has 0 radical (unpaired) electrons. The number of para-hydroxylation sites is 1. The summed E-state index contributed by atoms with van der Waals surface area (Å²) in [7, 11) is 0. The summed E-state index contributed by atoms with van der Waals surface area (Å²) in [6, 6.07) is 7.68. The van der Waals surface area contributed by atoms with Crippen molar-refractivity contribution in [1.82, 2.24) is 5.32 Å². The number of hydrogen-bond acceptors (Lipinski definition) is 3. The maximum atomic E-state index is 12.0. The first-order chi connectivity index (χ1) is 8.83. The minimum atomic E-state index is -0.483. The lowest BCUT2D eigenvalue weighted by Crippen LogP contribution is -2.48. The Kier molecular flexibility index (Phi) is 7.61. The highest BCUT2D eigenvalue weighted by Gasteiger charge is 2.21. The number of benzene rings is 1. The van der Waals surface area contributed by atoms with E-state index < -0.39 is 11.6 Å². The number of carbonyl (C=O) groups is 1. The normalized spacial score (nSPS) is 12.2. The number of amides is 1. The highest BCUT2D eigenvalue weighted by atomic mass is 35.5. The van der Waals surface area contributed by atoms with Crippen LogP contribution in [0.3, 0.4) is 0 Å². The molecule has 0 aliphatic heterocycles. The monoisotopic (exact) mass is 300 g/mol. The Bertz CT molecular complexity index is 430. The lowest BCUT2D eigenvalue weighted by atomic mass is 10.1. The average molecular weight is 301 g/mol. The number of rotatable bonds is 6. The highest BCUT2D eigenvalue weighted by molar-refractivity contribution is 5.85. The van der Waals surface area contributed by atoms with Gasteiger partial charge in [-0.1, -0.05) is 25.1 Å². The van der Waals surface area contributed by atoms with Crippen LogP contribution in [0.5, 0.6) is 5.75 Å². The van der Waals surface area contributed by atoms with Gasteiger partial charge < -0.3 is 15.8 Å². The molecule has 1 aromatic carbocycles. The molecular weight excluding hydrogens is 276 g/mol. The Balaban J connectivity index is 0.00000361.